The molecule has 0 fully saturated rings. The summed E-state index contributed by atoms with van der Waals surface area (Å²) < 4.78 is 48.8. The van der Waals surface area contributed by atoms with Crippen LogP contribution in [0.4, 0.5) is 36.2 Å². The number of anilines is 4. The first-order valence-electron chi connectivity index (χ1n) is 8.28. The topological polar surface area (TPSA) is 98.0 Å². The van der Waals surface area contributed by atoms with Gasteiger partial charge in [-0.1, -0.05) is 12.1 Å². The third kappa shape index (κ3) is 4.03. The van der Waals surface area contributed by atoms with Crippen LogP contribution in [0, 0.1) is 0 Å². The third-order valence-corrected chi connectivity index (χ3v) is 3.90. The molecule has 11 heteroatoms. The van der Waals surface area contributed by atoms with Crippen molar-refractivity contribution in [1.82, 2.24) is 20.3 Å². The number of ether oxygens (including phenoxy) is 1. The van der Waals surface area contributed by atoms with Crippen LogP contribution in [-0.2, 0) is 6.18 Å². The van der Waals surface area contributed by atoms with Gasteiger partial charge in [0.25, 0.3) is 0 Å². The normalized spacial score (nSPS) is 11.4. The lowest BCUT2D eigenvalue weighted by atomic mass is 10.2. The van der Waals surface area contributed by atoms with E-state index in [-0.39, 0.29) is 28.6 Å². The van der Waals surface area contributed by atoms with Crippen LogP contribution in [0.25, 0.3) is 11.3 Å². The molecule has 0 aliphatic heterocycles. The maximum atomic E-state index is 13.0. The van der Waals surface area contributed by atoms with Crippen molar-refractivity contribution in [3.63, 3.8) is 0 Å². The zero-order valence-electron chi connectivity index (χ0n) is 14.9. The van der Waals surface area contributed by atoms with Crippen molar-refractivity contribution < 1.29 is 22.5 Å². The van der Waals surface area contributed by atoms with Crippen LogP contribution in [0.15, 0.2) is 53.2 Å². The molecule has 2 aromatic carbocycles. The monoisotopic (exact) mass is 402 g/mol. The first-order valence-corrected chi connectivity index (χ1v) is 8.28. The highest BCUT2D eigenvalue weighted by molar-refractivity contribution is 5.79. The van der Waals surface area contributed by atoms with Crippen molar-refractivity contribution in [1.29, 1.82) is 0 Å². The highest BCUT2D eigenvalue weighted by Crippen LogP contribution is 2.33. The Morgan fingerprint density at radius 1 is 0.862 bits per heavy atom. The Hall–Kier alpha value is -3.89. The van der Waals surface area contributed by atoms with Crippen LogP contribution < -0.4 is 15.4 Å². The van der Waals surface area contributed by atoms with Gasteiger partial charge in [0.05, 0.1) is 12.7 Å². The van der Waals surface area contributed by atoms with Crippen LogP contribution in [-0.4, -0.2) is 27.4 Å². The number of fused-ring (bicyclic) bond motifs is 1. The Bertz CT molecular complexity index is 1160. The van der Waals surface area contributed by atoms with E-state index < -0.39 is 11.7 Å². The van der Waals surface area contributed by atoms with E-state index in [4.69, 9.17) is 4.74 Å². The average molecular weight is 402 g/mol. The van der Waals surface area contributed by atoms with E-state index in [1.54, 1.807) is 24.3 Å². The van der Waals surface area contributed by atoms with Gasteiger partial charge in [-0.2, -0.15) is 13.2 Å². The summed E-state index contributed by atoms with van der Waals surface area (Å²) in [6.07, 6.45) is -4.47. The van der Waals surface area contributed by atoms with Gasteiger partial charge in [-0.25, -0.2) is 14.6 Å². The summed E-state index contributed by atoms with van der Waals surface area (Å²) in [5.41, 5.74) is 0.266. The lowest BCUT2D eigenvalue weighted by Gasteiger charge is -2.13. The van der Waals surface area contributed by atoms with Crippen LogP contribution in [0.1, 0.15) is 5.56 Å². The predicted molar refractivity (Wildman–Crippen MR) is 98.4 cm³/mol. The van der Waals surface area contributed by atoms with Crippen LogP contribution in [0.5, 0.6) is 5.75 Å². The van der Waals surface area contributed by atoms with Gasteiger partial charge in [-0.15, -0.1) is 0 Å². The molecule has 0 radical (unpaired) electrons. The Morgan fingerprint density at radius 2 is 1.45 bits per heavy atom. The Kier molecular flexibility index (Phi) is 4.63. The minimum Gasteiger partial charge on any atom is -0.497 e. The van der Waals surface area contributed by atoms with Gasteiger partial charge in [0, 0.05) is 17.4 Å². The summed E-state index contributed by atoms with van der Waals surface area (Å²) in [7, 11) is 1.53. The van der Waals surface area contributed by atoms with Crippen molar-refractivity contribution in [3.05, 3.63) is 54.1 Å². The molecule has 0 spiro atoms. The molecule has 2 N–H and O–H groups in total. The number of alkyl halides is 3. The fourth-order valence-electron chi connectivity index (χ4n) is 2.56. The van der Waals surface area contributed by atoms with Crippen LogP contribution in [0.3, 0.4) is 0 Å². The van der Waals surface area contributed by atoms with Gasteiger partial charge < -0.3 is 15.4 Å². The molecule has 148 valence electrons. The molecule has 0 saturated heterocycles. The third-order valence-electron chi connectivity index (χ3n) is 3.90. The number of hydrogen-bond acceptors (Lipinski definition) is 8. The van der Waals surface area contributed by atoms with Crippen molar-refractivity contribution in [2.45, 2.75) is 6.18 Å². The van der Waals surface area contributed by atoms with Gasteiger partial charge in [0.1, 0.15) is 5.75 Å². The van der Waals surface area contributed by atoms with Crippen molar-refractivity contribution in [2.24, 2.45) is 0 Å². The summed E-state index contributed by atoms with van der Waals surface area (Å²) >= 11 is 0. The number of halogens is 3. The van der Waals surface area contributed by atoms with E-state index in [2.05, 4.69) is 35.5 Å². The molecule has 0 aliphatic carbocycles. The van der Waals surface area contributed by atoms with Gasteiger partial charge in [0.2, 0.25) is 11.3 Å². The highest BCUT2D eigenvalue weighted by atomic mass is 19.4. The van der Waals surface area contributed by atoms with Gasteiger partial charge in [-0.3, -0.25) is 0 Å². The van der Waals surface area contributed by atoms with Crippen molar-refractivity contribution in [3.8, 4) is 5.75 Å². The predicted octanol–water partition coefficient (Wildman–Crippen LogP) is 4.53. The Balaban J connectivity index is 1.72. The maximum absolute atomic E-state index is 13.0. The molecule has 0 saturated carbocycles. The SMILES string of the molecule is COc1cccc(Nc2nc3nonc3nc2Nc2cccc(C(F)(F)F)c2)c1. The molecule has 4 rings (SSSR count). The van der Waals surface area contributed by atoms with Crippen LogP contribution >= 0.6 is 0 Å². The summed E-state index contributed by atoms with van der Waals surface area (Å²) in [5, 5.41) is 13.2. The highest BCUT2D eigenvalue weighted by Gasteiger charge is 2.30. The zero-order chi connectivity index (χ0) is 20.4. The minimum atomic E-state index is -4.47. The van der Waals surface area contributed by atoms with Gasteiger partial charge in [0.15, 0.2) is 11.6 Å². The summed E-state index contributed by atoms with van der Waals surface area (Å²) in [6.45, 7) is 0. The van der Waals surface area contributed by atoms with Gasteiger partial charge in [-0.05, 0) is 40.6 Å². The first-order chi connectivity index (χ1) is 13.9. The second-order valence-corrected chi connectivity index (χ2v) is 5.89. The number of hydrogen-bond donors (Lipinski definition) is 2. The van der Waals surface area contributed by atoms with Crippen molar-refractivity contribution in [2.75, 3.05) is 17.7 Å². The molecule has 0 amide bonds. The molecule has 0 atom stereocenters. The molecule has 29 heavy (non-hydrogen) atoms. The Morgan fingerprint density at radius 3 is 2.03 bits per heavy atom. The summed E-state index contributed by atoms with van der Waals surface area (Å²) in [4.78, 5) is 8.53. The number of rotatable bonds is 5. The smallest absolute Gasteiger partial charge is 0.416 e. The fourth-order valence-corrected chi connectivity index (χ4v) is 2.56. The number of aromatic nitrogens is 4. The van der Waals surface area contributed by atoms with Crippen molar-refractivity contribution >= 4 is 34.3 Å². The quantitative estimate of drug-likeness (QED) is 0.503. The largest absolute Gasteiger partial charge is 0.497 e. The number of nitrogens with zero attached hydrogens (tertiary/aromatic N) is 4. The summed E-state index contributed by atoms with van der Waals surface area (Å²) in [5.74, 6) is 0.980. The van der Waals surface area contributed by atoms with E-state index in [1.165, 1.54) is 19.2 Å². The van der Waals surface area contributed by atoms with Gasteiger partial charge >= 0.3 is 6.18 Å². The van der Waals surface area contributed by atoms with E-state index >= 15 is 0 Å². The lowest BCUT2D eigenvalue weighted by Crippen LogP contribution is -2.07. The average Bonchev–Trinajstić information content (AvgIpc) is 3.15. The number of methoxy groups -OCH3 is 1. The Labute approximate surface area is 161 Å². The second-order valence-electron chi connectivity index (χ2n) is 5.89. The minimum absolute atomic E-state index is 0.107. The second kappa shape index (κ2) is 7.26. The zero-order valence-corrected chi connectivity index (χ0v) is 14.9. The molecule has 8 nitrogen and oxygen atoms in total. The fraction of sp³-hybridized carbons (Fsp3) is 0.111. The van der Waals surface area contributed by atoms with E-state index in [1.807, 2.05) is 0 Å². The molecule has 2 aromatic heterocycles. The maximum Gasteiger partial charge on any atom is 0.416 e. The van der Waals surface area contributed by atoms with E-state index in [9.17, 15) is 13.2 Å². The molecule has 4 aromatic rings. The van der Waals surface area contributed by atoms with Crippen LogP contribution in [0.2, 0.25) is 0 Å². The molecule has 0 bridgehead atoms. The summed E-state index contributed by atoms with van der Waals surface area (Å²) in [6, 6.07) is 11.8. The van der Waals surface area contributed by atoms with E-state index in [0.717, 1.165) is 12.1 Å². The molecule has 2 heterocycles. The lowest BCUT2D eigenvalue weighted by molar-refractivity contribution is -0.137. The molecular weight excluding hydrogens is 389 g/mol. The van der Waals surface area contributed by atoms with E-state index in [0.29, 0.717) is 11.4 Å². The molecular formula is C18H13F3N6O2. The first kappa shape index (κ1) is 18.5. The number of nitrogens with one attached hydrogen (secondary N) is 2. The number of benzene rings is 2. The molecule has 0 unspecified atom stereocenters. The molecule has 0 aliphatic rings. The standard InChI is InChI=1S/C18H13F3N6O2/c1-28-13-7-3-6-12(9-13)23-15-14(24-16-17(25-15)27-29-26-16)22-11-5-2-4-10(8-11)18(19,20)21/h2-9H,1H3,(H,22,24,26)(H,23,25,27).